The van der Waals surface area contributed by atoms with E-state index < -0.39 is 79.0 Å². The summed E-state index contributed by atoms with van der Waals surface area (Å²) in [6.45, 7) is 0. The standard InChI is InChI=1S/C16H8F17O4P/c17-8(9(18)11(21,22)37-7-3-1-6(2-4-7)5-38(34,35)36)10(19,20)12(23,24)13(25,26)14(27,28)15(29,30)16(31,32)33/h1-4H,5H2,(H2,34,35,36)/p-1/b9-8+. The number of alkyl halides is 15. The van der Waals surface area contributed by atoms with E-state index >= 15 is 0 Å². The first-order valence-corrected chi connectivity index (χ1v) is 10.4. The Labute approximate surface area is 198 Å². The topological polar surface area (TPSA) is 75.6 Å². The van der Waals surface area contributed by atoms with Crippen LogP contribution in [-0.4, -0.2) is 46.8 Å². The van der Waals surface area contributed by atoms with E-state index in [1.54, 1.807) is 0 Å². The third-order valence-electron chi connectivity index (χ3n) is 4.21. The quantitative estimate of drug-likeness (QED) is 0.277. The van der Waals surface area contributed by atoms with Gasteiger partial charge in [-0.25, -0.2) is 4.39 Å². The molecule has 0 heterocycles. The summed E-state index contributed by atoms with van der Waals surface area (Å²) in [5, 5.41) is 0. The second kappa shape index (κ2) is 9.81. The van der Waals surface area contributed by atoms with E-state index in [0.717, 1.165) is 0 Å². The van der Waals surface area contributed by atoms with Crippen molar-refractivity contribution < 1.29 is 94.1 Å². The van der Waals surface area contributed by atoms with E-state index in [1.807, 2.05) is 0 Å². The normalized spacial score (nSPS) is 15.9. The van der Waals surface area contributed by atoms with Crippen LogP contribution in [0.4, 0.5) is 74.6 Å². The van der Waals surface area contributed by atoms with Crippen LogP contribution in [0.15, 0.2) is 35.9 Å². The lowest BCUT2D eigenvalue weighted by molar-refractivity contribution is -0.437. The number of ether oxygens (including phenoxy) is 1. The van der Waals surface area contributed by atoms with Gasteiger partial charge in [-0.05, 0) is 17.7 Å². The molecule has 0 saturated carbocycles. The molecule has 0 fully saturated rings. The summed E-state index contributed by atoms with van der Waals surface area (Å²) in [6, 6.07) is 1.56. The van der Waals surface area contributed by atoms with Crippen molar-refractivity contribution in [2.45, 2.75) is 48.1 Å². The van der Waals surface area contributed by atoms with E-state index in [9.17, 15) is 84.4 Å². The summed E-state index contributed by atoms with van der Waals surface area (Å²) < 4.78 is 227. The van der Waals surface area contributed by atoms with E-state index in [-0.39, 0.29) is 12.1 Å². The molecule has 0 aliphatic rings. The van der Waals surface area contributed by atoms with Gasteiger partial charge in [-0.2, -0.15) is 70.2 Å². The minimum absolute atomic E-state index is 0.255. The molecule has 0 bridgehead atoms. The first-order chi connectivity index (χ1) is 16.5. The third kappa shape index (κ3) is 5.89. The van der Waals surface area contributed by atoms with E-state index in [1.165, 1.54) is 0 Å². The Bertz CT molecular complexity index is 1030. The predicted molar refractivity (Wildman–Crippen MR) is 84.9 cm³/mol. The number of hydrogen-bond acceptors (Lipinski definition) is 4. The number of rotatable bonds is 10. The van der Waals surface area contributed by atoms with Gasteiger partial charge in [0, 0.05) is 0 Å². The number of allylic oxidation sites excluding steroid dienone is 1. The van der Waals surface area contributed by atoms with Crippen LogP contribution < -0.4 is 14.5 Å². The average molecular weight is 617 g/mol. The molecule has 0 saturated heterocycles. The third-order valence-corrected chi connectivity index (χ3v) is 4.97. The average Bonchev–Trinajstić information content (AvgIpc) is 2.71. The maximum atomic E-state index is 13.7. The SMILES string of the molecule is [O-][P+]([O-])(O)Cc1ccc(OC(F)(F)/C(F)=C(\F)C(F)(F)C(F)(F)C(F)(F)C(F)(F)C(F)(F)C(F)(F)F)cc1. The van der Waals surface area contributed by atoms with Gasteiger partial charge in [0.05, 0.1) is 7.94 Å². The molecule has 0 atom stereocenters. The lowest BCUT2D eigenvalue weighted by Crippen LogP contribution is -2.70. The highest BCUT2D eigenvalue weighted by Crippen LogP contribution is 2.61. The smallest absolute Gasteiger partial charge is 0.460 e. The lowest BCUT2D eigenvalue weighted by atomic mass is 9.93. The minimum atomic E-state index is -8.57. The van der Waals surface area contributed by atoms with Gasteiger partial charge in [-0.1, -0.05) is 12.1 Å². The van der Waals surface area contributed by atoms with Crippen LogP contribution in [0.3, 0.4) is 0 Å². The zero-order valence-electron chi connectivity index (χ0n) is 17.1. The second-order valence-electron chi connectivity index (χ2n) is 7.06. The Morgan fingerprint density at radius 3 is 1.42 bits per heavy atom. The largest absolute Gasteiger partial charge is 0.659 e. The van der Waals surface area contributed by atoms with Gasteiger partial charge < -0.3 is 14.5 Å². The highest BCUT2D eigenvalue weighted by Gasteiger charge is 2.91. The molecule has 22 heteroatoms. The molecule has 38 heavy (non-hydrogen) atoms. The predicted octanol–water partition coefficient (Wildman–Crippen LogP) is 5.52. The Balaban J connectivity index is 3.47. The van der Waals surface area contributed by atoms with Crippen molar-refractivity contribution in [1.29, 1.82) is 0 Å². The Hall–Kier alpha value is -2.12. The number of benzene rings is 1. The second-order valence-corrected chi connectivity index (χ2v) is 8.65. The van der Waals surface area contributed by atoms with Crippen LogP contribution in [0, 0.1) is 0 Å². The van der Waals surface area contributed by atoms with E-state index in [4.69, 9.17) is 4.89 Å². The molecular formula is C16H7F17O4P-. The molecule has 0 aliphatic heterocycles. The molecule has 220 valence electrons. The van der Waals surface area contributed by atoms with Crippen LogP contribution in [0.25, 0.3) is 0 Å². The summed E-state index contributed by atoms with van der Waals surface area (Å²) in [5.74, 6) is -52.6. The zero-order valence-corrected chi connectivity index (χ0v) is 18.0. The molecule has 0 aromatic heterocycles. The van der Waals surface area contributed by atoms with Gasteiger partial charge in [0.25, 0.3) is 0 Å². The van der Waals surface area contributed by atoms with E-state index in [2.05, 4.69) is 4.74 Å². The molecule has 0 aliphatic carbocycles. The zero-order chi connectivity index (χ0) is 30.6. The lowest BCUT2D eigenvalue weighted by Gasteiger charge is -2.39. The highest BCUT2D eigenvalue weighted by molar-refractivity contribution is 7.54. The van der Waals surface area contributed by atoms with Crippen LogP contribution in [0.2, 0.25) is 0 Å². The summed E-state index contributed by atoms with van der Waals surface area (Å²) in [6.07, 6.45) is -15.1. The number of hydrogen-bond donors (Lipinski definition) is 1. The van der Waals surface area contributed by atoms with Crippen LogP contribution in [-0.2, 0) is 6.16 Å². The fourth-order valence-electron chi connectivity index (χ4n) is 2.26. The van der Waals surface area contributed by atoms with Crippen molar-refractivity contribution in [3.8, 4) is 5.75 Å². The first-order valence-electron chi connectivity index (χ1n) is 8.68. The van der Waals surface area contributed by atoms with Crippen molar-refractivity contribution >= 4 is 7.94 Å². The highest BCUT2D eigenvalue weighted by atomic mass is 31.2. The summed E-state index contributed by atoms with van der Waals surface area (Å²) in [7, 11) is -4.99. The molecule has 1 aromatic carbocycles. The first kappa shape index (κ1) is 33.9. The molecule has 4 nitrogen and oxygen atoms in total. The number of halogens is 17. The molecule has 0 spiro atoms. The summed E-state index contributed by atoms with van der Waals surface area (Å²) in [4.78, 5) is 30.0. The van der Waals surface area contributed by atoms with Crippen molar-refractivity contribution in [1.82, 2.24) is 0 Å². The molecule has 1 rings (SSSR count). The molecule has 0 amide bonds. The van der Waals surface area contributed by atoms with Gasteiger partial charge >= 0.3 is 41.9 Å². The monoisotopic (exact) mass is 617 g/mol. The summed E-state index contributed by atoms with van der Waals surface area (Å²) in [5.41, 5.74) is -0.395. The van der Waals surface area contributed by atoms with E-state index in [0.29, 0.717) is 12.1 Å². The fourth-order valence-corrected chi connectivity index (χ4v) is 2.93. The maximum absolute atomic E-state index is 13.7. The van der Waals surface area contributed by atoms with Crippen molar-refractivity contribution in [2.75, 3.05) is 0 Å². The van der Waals surface area contributed by atoms with Crippen molar-refractivity contribution in [3.63, 3.8) is 0 Å². The van der Waals surface area contributed by atoms with Crippen molar-refractivity contribution in [3.05, 3.63) is 41.5 Å². The van der Waals surface area contributed by atoms with Crippen LogP contribution in [0.5, 0.6) is 5.75 Å². The van der Waals surface area contributed by atoms with Crippen molar-refractivity contribution in [2.24, 2.45) is 0 Å². The van der Waals surface area contributed by atoms with Gasteiger partial charge in [0.1, 0.15) is 11.9 Å². The molecule has 0 unspecified atom stereocenters. The van der Waals surface area contributed by atoms with Gasteiger partial charge in [0.2, 0.25) is 11.7 Å². The van der Waals surface area contributed by atoms with Gasteiger partial charge in [-0.3, -0.25) is 4.89 Å². The molecule has 1 aromatic rings. The van der Waals surface area contributed by atoms with Gasteiger partial charge in [0.15, 0.2) is 0 Å². The summed E-state index contributed by atoms with van der Waals surface area (Å²) >= 11 is 0. The molecule has 1 N–H and O–H groups in total. The Kier molecular flexibility index (Phi) is 8.75. The maximum Gasteiger partial charge on any atom is 0.460 e. The minimum Gasteiger partial charge on any atom is -0.659 e. The Morgan fingerprint density at radius 1 is 0.658 bits per heavy atom. The molecular weight excluding hydrogens is 610 g/mol. The van der Waals surface area contributed by atoms with Crippen LogP contribution in [0.1, 0.15) is 5.56 Å². The molecule has 0 radical (unpaired) electrons. The Morgan fingerprint density at radius 2 is 1.05 bits per heavy atom. The van der Waals surface area contributed by atoms with Crippen LogP contribution >= 0.6 is 7.94 Å². The van der Waals surface area contributed by atoms with Gasteiger partial charge in [-0.15, -0.1) is 0 Å². The fraction of sp³-hybridized carbons (Fsp3) is 0.500.